The van der Waals surface area contributed by atoms with Gasteiger partial charge >= 0.3 is 6.18 Å². The molecule has 1 aliphatic heterocycles. The van der Waals surface area contributed by atoms with E-state index in [1.54, 1.807) is 20.8 Å². The lowest BCUT2D eigenvalue weighted by atomic mass is 9.82. The first-order chi connectivity index (χ1) is 9.47. The number of carbonyl (C=O) groups is 2. The van der Waals surface area contributed by atoms with Gasteiger partial charge in [0.2, 0.25) is 11.8 Å². The van der Waals surface area contributed by atoms with Crippen molar-refractivity contribution in [1.29, 1.82) is 0 Å². The summed E-state index contributed by atoms with van der Waals surface area (Å²) >= 11 is 0. The molecule has 0 bridgehead atoms. The summed E-state index contributed by atoms with van der Waals surface area (Å²) in [5.41, 5.74) is -0.622. The summed E-state index contributed by atoms with van der Waals surface area (Å²) in [5.74, 6) is -0.789. The lowest BCUT2D eigenvalue weighted by Gasteiger charge is -2.44. The molecule has 4 nitrogen and oxygen atoms in total. The number of carbonyl (C=O) groups excluding carboxylic acids is 2. The molecule has 0 radical (unpaired) electrons. The SMILES string of the molecule is CCCC1NC(=O)C(C(C)(C)C)N(CCC(F)(F)F)C1=O. The number of rotatable bonds is 4. The maximum Gasteiger partial charge on any atom is 0.390 e. The highest BCUT2D eigenvalue weighted by atomic mass is 19.4. The normalized spacial score (nSPS) is 24.2. The molecule has 0 aromatic carbocycles. The Kier molecular flexibility index (Phi) is 5.28. The Morgan fingerprint density at radius 3 is 2.19 bits per heavy atom. The van der Waals surface area contributed by atoms with E-state index in [1.807, 2.05) is 6.92 Å². The van der Waals surface area contributed by atoms with E-state index in [-0.39, 0.29) is 5.91 Å². The molecule has 2 amide bonds. The van der Waals surface area contributed by atoms with Crippen LogP contribution in [-0.4, -0.2) is 41.5 Å². The van der Waals surface area contributed by atoms with Crippen LogP contribution in [0.2, 0.25) is 0 Å². The van der Waals surface area contributed by atoms with E-state index in [0.717, 1.165) is 4.90 Å². The fourth-order valence-corrected chi connectivity index (χ4v) is 2.61. The quantitative estimate of drug-likeness (QED) is 0.867. The van der Waals surface area contributed by atoms with Gasteiger partial charge in [-0.1, -0.05) is 34.1 Å². The van der Waals surface area contributed by atoms with Crippen LogP contribution in [0.1, 0.15) is 47.0 Å². The van der Waals surface area contributed by atoms with Gasteiger partial charge in [-0.3, -0.25) is 9.59 Å². The third kappa shape index (κ3) is 4.61. The second kappa shape index (κ2) is 6.23. The summed E-state index contributed by atoms with van der Waals surface area (Å²) in [5, 5.41) is 2.64. The van der Waals surface area contributed by atoms with Crippen molar-refractivity contribution in [1.82, 2.24) is 10.2 Å². The minimum absolute atomic E-state index is 0.372. The van der Waals surface area contributed by atoms with E-state index in [9.17, 15) is 22.8 Å². The smallest absolute Gasteiger partial charge is 0.342 e. The van der Waals surface area contributed by atoms with Gasteiger partial charge in [0, 0.05) is 6.54 Å². The molecule has 0 aromatic heterocycles. The van der Waals surface area contributed by atoms with Crippen LogP contribution in [-0.2, 0) is 9.59 Å². The van der Waals surface area contributed by atoms with Gasteiger partial charge in [0.25, 0.3) is 0 Å². The van der Waals surface area contributed by atoms with Crippen molar-refractivity contribution in [2.24, 2.45) is 5.41 Å². The summed E-state index contributed by atoms with van der Waals surface area (Å²) < 4.78 is 37.4. The van der Waals surface area contributed by atoms with Crippen molar-refractivity contribution >= 4 is 11.8 Å². The van der Waals surface area contributed by atoms with E-state index in [1.165, 1.54) is 0 Å². The Morgan fingerprint density at radius 1 is 1.19 bits per heavy atom. The van der Waals surface area contributed by atoms with Gasteiger partial charge < -0.3 is 10.2 Å². The van der Waals surface area contributed by atoms with E-state index in [2.05, 4.69) is 5.32 Å². The fourth-order valence-electron chi connectivity index (χ4n) is 2.61. The van der Waals surface area contributed by atoms with Crippen molar-refractivity contribution in [3.05, 3.63) is 0 Å². The van der Waals surface area contributed by atoms with E-state index in [0.29, 0.717) is 12.8 Å². The van der Waals surface area contributed by atoms with Crippen LogP contribution in [0.5, 0.6) is 0 Å². The highest BCUT2D eigenvalue weighted by molar-refractivity contribution is 5.97. The molecule has 1 fully saturated rings. The predicted molar refractivity (Wildman–Crippen MR) is 72.5 cm³/mol. The molecule has 7 heteroatoms. The Labute approximate surface area is 123 Å². The number of alkyl halides is 3. The summed E-state index contributed by atoms with van der Waals surface area (Å²) in [7, 11) is 0. The molecule has 2 atom stereocenters. The largest absolute Gasteiger partial charge is 0.390 e. The number of nitrogens with one attached hydrogen (secondary N) is 1. The minimum atomic E-state index is -4.35. The maximum atomic E-state index is 12.5. The van der Waals surface area contributed by atoms with Crippen molar-refractivity contribution < 1.29 is 22.8 Å². The number of halogens is 3. The zero-order valence-corrected chi connectivity index (χ0v) is 12.9. The molecule has 1 saturated heterocycles. The number of amides is 2. The van der Waals surface area contributed by atoms with Crippen LogP contribution < -0.4 is 5.32 Å². The number of hydrogen-bond donors (Lipinski definition) is 1. The van der Waals surface area contributed by atoms with E-state index in [4.69, 9.17) is 0 Å². The van der Waals surface area contributed by atoms with Crippen molar-refractivity contribution in [3.8, 4) is 0 Å². The van der Waals surface area contributed by atoms with Gasteiger partial charge in [0.15, 0.2) is 0 Å². The first-order valence-corrected chi connectivity index (χ1v) is 7.15. The Bertz CT molecular complexity index is 402. The summed E-state index contributed by atoms with van der Waals surface area (Å²) in [6, 6.07) is -1.59. The second-order valence-corrected chi connectivity index (χ2v) is 6.52. The van der Waals surface area contributed by atoms with Gasteiger partial charge in [-0.05, 0) is 11.8 Å². The van der Waals surface area contributed by atoms with E-state index < -0.39 is 42.5 Å². The first-order valence-electron chi connectivity index (χ1n) is 7.15. The van der Waals surface area contributed by atoms with Gasteiger partial charge in [0.05, 0.1) is 6.42 Å². The van der Waals surface area contributed by atoms with Crippen LogP contribution >= 0.6 is 0 Å². The van der Waals surface area contributed by atoms with Crippen molar-refractivity contribution in [2.75, 3.05) is 6.54 Å². The summed E-state index contributed by atoms with van der Waals surface area (Å²) in [4.78, 5) is 25.7. The number of nitrogens with zero attached hydrogens (tertiary/aromatic N) is 1. The second-order valence-electron chi connectivity index (χ2n) is 6.52. The van der Waals surface area contributed by atoms with Crippen LogP contribution in [0.4, 0.5) is 13.2 Å². The Hall–Kier alpha value is -1.27. The third-order valence-electron chi connectivity index (χ3n) is 3.49. The highest BCUT2D eigenvalue weighted by Crippen LogP contribution is 2.30. The molecular formula is C14H23F3N2O2. The summed E-state index contributed by atoms with van der Waals surface area (Å²) in [6.07, 6.45) is -4.34. The van der Waals surface area contributed by atoms with Gasteiger partial charge in [0.1, 0.15) is 12.1 Å². The lowest BCUT2D eigenvalue weighted by molar-refractivity contribution is -0.162. The topological polar surface area (TPSA) is 49.4 Å². The third-order valence-corrected chi connectivity index (χ3v) is 3.49. The zero-order valence-electron chi connectivity index (χ0n) is 12.9. The van der Waals surface area contributed by atoms with Crippen LogP contribution in [0.3, 0.4) is 0 Å². The molecule has 0 saturated carbocycles. The lowest BCUT2D eigenvalue weighted by Crippen LogP contribution is -2.66. The van der Waals surface area contributed by atoms with Gasteiger partial charge in [-0.15, -0.1) is 0 Å². The molecule has 1 aliphatic rings. The molecular weight excluding hydrogens is 285 g/mol. The monoisotopic (exact) mass is 308 g/mol. The molecule has 0 aliphatic carbocycles. The molecule has 21 heavy (non-hydrogen) atoms. The average molecular weight is 308 g/mol. The van der Waals surface area contributed by atoms with Crippen molar-refractivity contribution in [2.45, 2.75) is 65.2 Å². The molecule has 122 valence electrons. The number of hydrogen-bond acceptors (Lipinski definition) is 2. The fraction of sp³-hybridized carbons (Fsp3) is 0.857. The maximum absolute atomic E-state index is 12.5. The molecule has 0 aromatic rings. The zero-order chi connectivity index (χ0) is 16.4. The molecule has 0 spiro atoms. The average Bonchev–Trinajstić information content (AvgIpc) is 2.28. The van der Waals surface area contributed by atoms with E-state index >= 15 is 0 Å². The highest BCUT2D eigenvalue weighted by Gasteiger charge is 2.46. The Balaban J connectivity index is 3.00. The molecule has 1 heterocycles. The molecule has 1 rings (SSSR count). The van der Waals surface area contributed by atoms with Crippen LogP contribution in [0.25, 0.3) is 0 Å². The first kappa shape index (κ1) is 17.8. The van der Waals surface area contributed by atoms with Crippen LogP contribution in [0.15, 0.2) is 0 Å². The minimum Gasteiger partial charge on any atom is -0.342 e. The summed E-state index contributed by atoms with van der Waals surface area (Å²) in [6.45, 7) is 6.61. The number of piperazine rings is 1. The van der Waals surface area contributed by atoms with Crippen LogP contribution in [0, 0.1) is 5.41 Å². The standard InChI is InChI=1S/C14H23F3N2O2/c1-5-6-9-12(21)19(8-7-14(15,16)17)10(11(20)18-9)13(2,3)4/h9-10H,5-8H2,1-4H3,(H,18,20). The van der Waals surface area contributed by atoms with Gasteiger partial charge in [-0.2, -0.15) is 13.2 Å². The van der Waals surface area contributed by atoms with Crippen molar-refractivity contribution in [3.63, 3.8) is 0 Å². The molecule has 2 unspecified atom stereocenters. The predicted octanol–water partition coefficient (Wildman–Crippen LogP) is 2.48. The molecule has 1 N–H and O–H groups in total. The van der Waals surface area contributed by atoms with Gasteiger partial charge in [-0.25, -0.2) is 0 Å². The Morgan fingerprint density at radius 2 is 1.76 bits per heavy atom.